The lowest BCUT2D eigenvalue weighted by molar-refractivity contribution is -0.0221. The maximum absolute atomic E-state index is 5.63. The van der Waals surface area contributed by atoms with E-state index in [2.05, 4.69) is 13.8 Å². The van der Waals surface area contributed by atoms with Gasteiger partial charge in [0.05, 0.1) is 85.9 Å². The predicted molar refractivity (Wildman–Crippen MR) is 132 cm³/mol. The highest BCUT2D eigenvalue weighted by Crippen LogP contribution is 2.12. The Morgan fingerprint density at radius 2 is 0.912 bits per heavy atom. The van der Waals surface area contributed by atoms with E-state index < -0.39 is 0 Å². The minimum absolute atomic E-state index is 0.486. The Labute approximate surface area is 205 Å². The van der Waals surface area contributed by atoms with Crippen molar-refractivity contribution < 1.29 is 37.9 Å². The van der Waals surface area contributed by atoms with Crippen molar-refractivity contribution in [2.24, 2.45) is 5.92 Å². The smallest absolute Gasteiger partial charge is 0.119 e. The molecule has 0 aliphatic heterocycles. The highest BCUT2D eigenvalue weighted by molar-refractivity contribution is 5.41. The van der Waals surface area contributed by atoms with Crippen LogP contribution in [0.3, 0.4) is 0 Å². The lowest BCUT2D eigenvalue weighted by Crippen LogP contribution is -2.15. The molecule has 1 aromatic rings. The van der Waals surface area contributed by atoms with Crippen LogP contribution in [0.25, 0.3) is 0 Å². The van der Waals surface area contributed by atoms with Crippen LogP contribution in [-0.2, 0) is 33.2 Å². The molecule has 0 fully saturated rings. The standard InChI is InChI=1S/C25H45NO8/c1-3-23(2)22-33-19-18-31-15-14-29-11-10-27-8-9-28-12-13-30-16-17-32-20-21-34-25-6-4-24(26)5-7-25/h4-7,23H,3,8-22,26H2,1-2H3. The Morgan fingerprint density at radius 3 is 1.29 bits per heavy atom. The molecule has 198 valence electrons. The molecule has 0 aromatic heterocycles. The molecule has 0 saturated carbocycles. The van der Waals surface area contributed by atoms with Crippen molar-refractivity contribution >= 4 is 5.69 Å². The molecule has 0 saturated heterocycles. The second-order valence-electron chi connectivity index (χ2n) is 7.68. The molecule has 0 radical (unpaired) electrons. The maximum atomic E-state index is 5.63. The van der Waals surface area contributed by atoms with Gasteiger partial charge in [-0.2, -0.15) is 0 Å². The van der Waals surface area contributed by atoms with E-state index in [1.807, 2.05) is 12.1 Å². The van der Waals surface area contributed by atoms with Crippen LogP contribution in [0.5, 0.6) is 5.75 Å². The van der Waals surface area contributed by atoms with Gasteiger partial charge in [-0.3, -0.25) is 0 Å². The molecule has 0 aliphatic rings. The molecule has 0 aliphatic carbocycles. The zero-order valence-corrected chi connectivity index (χ0v) is 21.0. The fourth-order valence-corrected chi connectivity index (χ4v) is 2.50. The summed E-state index contributed by atoms with van der Waals surface area (Å²) in [4.78, 5) is 0. The molecule has 0 spiro atoms. The largest absolute Gasteiger partial charge is 0.491 e. The second-order valence-corrected chi connectivity index (χ2v) is 7.68. The van der Waals surface area contributed by atoms with E-state index in [0.29, 0.717) is 104 Å². The monoisotopic (exact) mass is 487 g/mol. The Kier molecular flexibility index (Phi) is 20.9. The summed E-state index contributed by atoms with van der Waals surface area (Å²) < 4.78 is 43.8. The number of nitrogen functional groups attached to an aromatic ring is 1. The molecule has 2 N–H and O–H groups in total. The van der Waals surface area contributed by atoms with Crippen molar-refractivity contribution in [2.45, 2.75) is 20.3 Å². The molecule has 0 bridgehead atoms. The van der Waals surface area contributed by atoms with Gasteiger partial charge in [-0.05, 0) is 30.2 Å². The molecule has 1 atom stereocenters. The van der Waals surface area contributed by atoms with E-state index in [-0.39, 0.29) is 0 Å². The van der Waals surface area contributed by atoms with Gasteiger partial charge in [-0.1, -0.05) is 20.3 Å². The fraction of sp³-hybridized carbons (Fsp3) is 0.760. The van der Waals surface area contributed by atoms with E-state index in [4.69, 9.17) is 43.6 Å². The molecule has 1 unspecified atom stereocenters. The van der Waals surface area contributed by atoms with Gasteiger partial charge >= 0.3 is 0 Å². The molecule has 0 amide bonds. The van der Waals surface area contributed by atoms with Crippen molar-refractivity contribution in [2.75, 3.05) is 105 Å². The van der Waals surface area contributed by atoms with Crippen LogP contribution in [0, 0.1) is 5.92 Å². The Bertz CT molecular complexity index is 546. The zero-order chi connectivity index (χ0) is 24.5. The summed E-state index contributed by atoms with van der Waals surface area (Å²) in [5.41, 5.74) is 6.34. The first-order valence-electron chi connectivity index (χ1n) is 12.2. The summed E-state index contributed by atoms with van der Waals surface area (Å²) in [5, 5.41) is 0. The first-order chi connectivity index (χ1) is 16.7. The van der Waals surface area contributed by atoms with Crippen LogP contribution in [0.4, 0.5) is 5.69 Å². The maximum Gasteiger partial charge on any atom is 0.119 e. The van der Waals surface area contributed by atoms with Crippen LogP contribution in [0.2, 0.25) is 0 Å². The van der Waals surface area contributed by atoms with Gasteiger partial charge in [-0.25, -0.2) is 0 Å². The molecule has 0 heterocycles. The Hall–Kier alpha value is -1.46. The first kappa shape index (κ1) is 30.6. The van der Waals surface area contributed by atoms with Crippen molar-refractivity contribution in [3.63, 3.8) is 0 Å². The lowest BCUT2D eigenvalue weighted by Gasteiger charge is -2.10. The SMILES string of the molecule is CCC(C)COCCOCCOCCOCCOCCOCCOCCOc1ccc(N)cc1. The molecule has 1 rings (SSSR count). The van der Waals surface area contributed by atoms with Gasteiger partial charge in [-0.15, -0.1) is 0 Å². The van der Waals surface area contributed by atoms with E-state index in [9.17, 15) is 0 Å². The van der Waals surface area contributed by atoms with Crippen molar-refractivity contribution in [3.05, 3.63) is 24.3 Å². The lowest BCUT2D eigenvalue weighted by atomic mass is 10.1. The van der Waals surface area contributed by atoms with Gasteiger partial charge in [0.1, 0.15) is 12.4 Å². The van der Waals surface area contributed by atoms with E-state index in [1.54, 1.807) is 12.1 Å². The quantitative estimate of drug-likeness (QED) is 0.165. The summed E-state index contributed by atoms with van der Waals surface area (Å²) in [7, 11) is 0. The normalized spacial score (nSPS) is 12.2. The fourth-order valence-electron chi connectivity index (χ4n) is 2.50. The summed E-state index contributed by atoms with van der Waals surface area (Å²) in [6.45, 7) is 12.7. The third kappa shape index (κ3) is 20.0. The number of ether oxygens (including phenoxy) is 8. The average Bonchev–Trinajstić information content (AvgIpc) is 2.85. The minimum atomic E-state index is 0.486. The first-order valence-corrected chi connectivity index (χ1v) is 12.2. The molecular weight excluding hydrogens is 442 g/mol. The third-order valence-corrected chi connectivity index (χ3v) is 4.71. The van der Waals surface area contributed by atoms with Crippen molar-refractivity contribution in [1.29, 1.82) is 0 Å². The highest BCUT2D eigenvalue weighted by atomic mass is 16.6. The van der Waals surface area contributed by atoms with E-state index in [0.717, 1.165) is 18.8 Å². The van der Waals surface area contributed by atoms with Gasteiger partial charge in [0.25, 0.3) is 0 Å². The van der Waals surface area contributed by atoms with Crippen molar-refractivity contribution in [1.82, 2.24) is 0 Å². The summed E-state index contributed by atoms with van der Waals surface area (Å²) >= 11 is 0. The minimum Gasteiger partial charge on any atom is -0.491 e. The average molecular weight is 488 g/mol. The van der Waals surface area contributed by atoms with Gasteiger partial charge < -0.3 is 43.6 Å². The summed E-state index contributed by atoms with van der Waals surface area (Å²) in [6, 6.07) is 7.28. The van der Waals surface area contributed by atoms with Crippen molar-refractivity contribution in [3.8, 4) is 5.75 Å². The topological polar surface area (TPSA) is 99.9 Å². The number of anilines is 1. The molecule has 1 aromatic carbocycles. The number of hydrogen-bond donors (Lipinski definition) is 1. The number of hydrogen-bond acceptors (Lipinski definition) is 9. The van der Waals surface area contributed by atoms with Gasteiger partial charge in [0, 0.05) is 12.3 Å². The second kappa shape index (κ2) is 23.3. The predicted octanol–water partition coefficient (Wildman–Crippen LogP) is 2.81. The Morgan fingerprint density at radius 1 is 0.559 bits per heavy atom. The molecule has 9 nitrogen and oxygen atoms in total. The molecule has 9 heteroatoms. The van der Waals surface area contributed by atoms with Gasteiger partial charge in [0.15, 0.2) is 0 Å². The number of benzene rings is 1. The Balaban J connectivity index is 1.67. The number of nitrogens with two attached hydrogens (primary N) is 1. The third-order valence-electron chi connectivity index (χ3n) is 4.71. The van der Waals surface area contributed by atoms with Crippen LogP contribution >= 0.6 is 0 Å². The summed E-state index contributed by atoms with van der Waals surface area (Å²) in [6.07, 6.45) is 1.14. The van der Waals surface area contributed by atoms with Crippen LogP contribution in [0.1, 0.15) is 20.3 Å². The van der Waals surface area contributed by atoms with Gasteiger partial charge in [0.2, 0.25) is 0 Å². The number of rotatable bonds is 25. The van der Waals surface area contributed by atoms with Crippen LogP contribution in [0.15, 0.2) is 24.3 Å². The summed E-state index contributed by atoms with van der Waals surface area (Å²) in [5.74, 6) is 1.38. The van der Waals surface area contributed by atoms with Crippen LogP contribution in [-0.4, -0.2) is 99.1 Å². The van der Waals surface area contributed by atoms with Crippen LogP contribution < -0.4 is 10.5 Å². The van der Waals surface area contributed by atoms with E-state index in [1.165, 1.54) is 0 Å². The highest BCUT2D eigenvalue weighted by Gasteiger charge is 1.98. The molecule has 34 heavy (non-hydrogen) atoms. The van der Waals surface area contributed by atoms with E-state index >= 15 is 0 Å². The zero-order valence-electron chi connectivity index (χ0n) is 21.0. The molecular formula is C25H45NO8.